The van der Waals surface area contributed by atoms with Crippen LogP contribution >= 0.6 is 11.8 Å². The molecule has 0 saturated carbocycles. The summed E-state index contributed by atoms with van der Waals surface area (Å²) in [5.41, 5.74) is 8.00. The first-order chi connectivity index (χ1) is 8.58. The summed E-state index contributed by atoms with van der Waals surface area (Å²) in [7, 11) is 0. The van der Waals surface area contributed by atoms with Crippen LogP contribution < -0.4 is 11.1 Å². The van der Waals surface area contributed by atoms with Crippen molar-refractivity contribution in [2.24, 2.45) is 10.7 Å². The molecule has 0 atom stereocenters. The van der Waals surface area contributed by atoms with Gasteiger partial charge in [-0.15, -0.1) is 11.8 Å². The second-order valence-corrected chi connectivity index (χ2v) is 5.42. The average Bonchev–Trinajstić information content (AvgIpc) is 2.34. The molecule has 0 aliphatic carbocycles. The molecule has 0 heterocycles. The van der Waals surface area contributed by atoms with Gasteiger partial charge in [-0.05, 0) is 26.0 Å². The molecule has 0 fully saturated rings. The van der Waals surface area contributed by atoms with E-state index in [0.717, 1.165) is 17.9 Å². The Morgan fingerprint density at radius 3 is 2.67 bits per heavy atom. The number of nitrogens with zero attached hydrogens (tertiary/aromatic N) is 1. The van der Waals surface area contributed by atoms with Crippen LogP contribution in [0, 0.1) is 6.92 Å². The van der Waals surface area contributed by atoms with E-state index >= 15 is 0 Å². The normalized spacial score (nSPS) is 11.3. The minimum absolute atomic E-state index is 0.488. The Labute approximate surface area is 114 Å². The van der Waals surface area contributed by atoms with Crippen LogP contribution in [-0.4, -0.2) is 24.8 Å². The molecule has 1 aromatic carbocycles. The SMILES string of the molecule is C=C(C)CN=C(N)NCCSc1ccc(C)cc1. The maximum atomic E-state index is 5.71. The molecule has 98 valence electrons. The van der Waals surface area contributed by atoms with Crippen molar-refractivity contribution < 1.29 is 0 Å². The second-order valence-electron chi connectivity index (χ2n) is 4.25. The highest BCUT2D eigenvalue weighted by Gasteiger charge is 1.95. The molecular weight excluding hydrogens is 242 g/mol. The van der Waals surface area contributed by atoms with Crippen molar-refractivity contribution in [1.82, 2.24) is 5.32 Å². The summed E-state index contributed by atoms with van der Waals surface area (Å²) in [6.07, 6.45) is 0. The molecule has 4 heteroatoms. The monoisotopic (exact) mass is 263 g/mol. The molecule has 0 radical (unpaired) electrons. The lowest BCUT2D eigenvalue weighted by Crippen LogP contribution is -2.33. The Balaban J connectivity index is 2.20. The predicted octanol–water partition coefficient (Wildman–Crippen LogP) is 2.57. The first kappa shape index (κ1) is 14.6. The summed E-state index contributed by atoms with van der Waals surface area (Å²) < 4.78 is 0. The smallest absolute Gasteiger partial charge is 0.188 e. The van der Waals surface area contributed by atoms with E-state index in [-0.39, 0.29) is 0 Å². The van der Waals surface area contributed by atoms with Crippen LogP contribution in [0.2, 0.25) is 0 Å². The highest BCUT2D eigenvalue weighted by Crippen LogP contribution is 2.17. The number of hydrogen-bond acceptors (Lipinski definition) is 2. The molecule has 0 bridgehead atoms. The highest BCUT2D eigenvalue weighted by atomic mass is 32.2. The largest absolute Gasteiger partial charge is 0.370 e. The van der Waals surface area contributed by atoms with Gasteiger partial charge < -0.3 is 11.1 Å². The Kier molecular flexibility index (Phi) is 6.36. The minimum Gasteiger partial charge on any atom is -0.370 e. The third-order valence-electron chi connectivity index (χ3n) is 2.22. The van der Waals surface area contributed by atoms with Crippen molar-refractivity contribution in [2.75, 3.05) is 18.8 Å². The summed E-state index contributed by atoms with van der Waals surface area (Å²) in [6.45, 7) is 9.20. The van der Waals surface area contributed by atoms with Crippen LogP contribution in [0.3, 0.4) is 0 Å². The van der Waals surface area contributed by atoms with E-state index in [4.69, 9.17) is 5.73 Å². The number of nitrogens with one attached hydrogen (secondary N) is 1. The summed E-state index contributed by atoms with van der Waals surface area (Å²) in [4.78, 5) is 5.43. The zero-order valence-electron chi connectivity index (χ0n) is 11.1. The van der Waals surface area contributed by atoms with Crippen LogP contribution in [-0.2, 0) is 0 Å². The summed E-state index contributed by atoms with van der Waals surface area (Å²) in [6, 6.07) is 8.52. The number of aliphatic imine (C=N–C) groups is 1. The molecule has 18 heavy (non-hydrogen) atoms. The molecule has 3 nitrogen and oxygen atoms in total. The number of benzene rings is 1. The van der Waals surface area contributed by atoms with Crippen molar-refractivity contribution in [2.45, 2.75) is 18.7 Å². The second kappa shape index (κ2) is 7.82. The fourth-order valence-electron chi connectivity index (χ4n) is 1.26. The van der Waals surface area contributed by atoms with Crippen LogP contribution in [0.4, 0.5) is 0 Å². The van der Waals surface area contributed by atoms with E-state index in [0.29, 0.717) is 12.5 Å². The number of aryl methyl sites for hydroxylation is 1. The summed E-state index contributed by atoms with van der Waals surface area (Å²) in [5, 5.41) is 3.09. The Morgan fingerprint density at radius 2 is 2.06 bits per heavy atom. The molecule has 0 aliphatic heterocycles. The van der Waals surface area contributed by atoms with Gasteiger partial charge in [0.2, 0.25) is 0 Å². The van der Waals surface area contributed by atoms with Crippen LogP contribution in [0.1, 0.15) is 12.5 Å². The number of guanidine groups is 1. The van der Waals surface area contributed by atoms with Crippen LogP contribution in [0.15, 0.2) is 46.3 Å². The van der Waals surface area contributed by atoms with Gasteiger partial charge in [-0.2, -0.15) is 0 Å². The fraction of sp³-hybridized carbons (Fsp3) is 0.357. The third-order valence-corrected chi connectivity index (χ3v) is 3.23. The van der Waals surface area contributed by atoms with Crippen LogP contribution in [0.5, 0.6) is 0 Å². The molecule has 0 aromatic heterocycles. The Hall–Kier alpha value is -1.42. The molecule has 3 N–H and O–H groups in total. The van der Waals surface area contributed by atoms with Gasteiger partial charge in [0, 0.05) is 17.2 Å². The van der Waals surface area contributed by atoms with Gasteiger partial charge >= 0.3 is 0 Å². The van der Waals surface area contributed by atoms with Crippen molar-refractivity contribution in [1.29, 1.82) is 0 Å². The maximum absolute atomic E-state index is 5.71. The third kappa shape index (κ3) is 6.35. The minimum atomic E-state index is 0.488. The average molecular weight is 263 g/mol. The molecule has 0 amide bonds. The lowest BCUT2D eigenvalue weighted by atomic mass is 10.2. The number of hydrogen-bond donors (Lipinski definition) is 2. The number of rotatable bonds is 6. The van der Waals surface area contributed by atoms with Crippen molar-refractivity contribution in [3.05, 3.63) is 42.0 Å². The van der Waals surface area contributed by atoms with Gasteiger partial charge in [0.25, 0.3) is 0 Å². The van der Waals surface area contributed by atoms with E-state index in [1.54, 1.807) is 11.8 Å². The molecule has 1 aromatic rings. The first-order valence-electron chi connectivity index (χ1n) is 5.95. The van der Waals surface area contributed by atoms with E-state index in [1.807, 2.05) is 6.92 Å². The quantitative estimate of drug-likeness (QED) is 0.273. The van der Waals surface area contributed by atoms with Crippen molar-refractivity contribution in [3.8, 4) is 0 Å². The van der Waals surface area contributed by atoms with E-state index in [1.165, 1.54) is 10.5 Å². The zero-order valence-corrected chi connectivity index (χ0v) is 11.9. The summed E-state index contributed by atoms with van der Waals surface area (Å²) >= 11 is 1.80. The topological polar surface area (TPSA) is 50.4 Å². The Morgan fingerprint density at radius 1 is 1.39 bits per heavy atom. The van der Waals surface area contributed by atoms with E-state index in [9.17, 15) is 0 Å². The van der Waals surface area contributed by atoms with E-state index in [2.05, 4.69) is 48.1 Å². The van der Waals surface area contributed by atoms with Crippen LogP contribution in [0.25, 0.3) is 0 Å². The fourth-order valence-corrected chi connectivity index (χ4v) is 2.03. The van der Waals surface area contributed by atoms with Gasteiger partial charge in [-0.25, -0.2) is 4.99 Å². The molecular formula is C14H21N3S. The van der Waals surface area contributed by atoms with Gasteiger partial charge in [0.1, 0.15) is 0 Å². The summed E-state index contributed by atoms with van der Waals surface area (Å²) in [5.74, 6) is 1.45. The molecule has 0 saturated heterocycles. The maximum Gasteiger partial charge on any atom is 0.188 e. The Bertz CT molecular complexity index is 410. The van der Waals surface area contributed by atoms with Gasteiger partial charge in [0.05, 0.1) is 6.54 Å². The number of nitrogens with two attached hydrogens (primary N) is 1. The van der Waals surface area contributed by atoms with Crippen molar-refractivity contribution in [3.63, 3.8) is 0 Å². The predicted molar refractivity (Wildman–Crippen MR) is 81.2 cm³/mol. The molecule has 0 unspecified atom stereocenters. The number of thioether (sulfide) groups is 1. The highest BCUT2D eigenvalue weighted by molar-refractivity contribution is 7.99. The van der Waals surface area contributed by atoms with Gasteiger partial charge in [-0.3, -0.25) is 0 Å². The molecule has 0 spiro atoms. The van der Waals surface area contributed by atoms with Crippen molar-refractivity contribution >= 4 is 17.7 Å². The standard InChI is InChI=1S/C14H21N3S/c1-11(2)10-17-14(15)16-8-9-18-13-6-4-12(3)5-7-13/h4-7H,1,8-10H2,2-3H3,(H3,15,16,17). The first-order valence-corrected chi connectivity index (χ1v) is 6.94. The molecule has 1 rings (SSSR count). The van der Waals surface area contributed by atoms with Gasteiger partial charge in [0.15, 0.2) is 5.96 Å². The zero-order chi connectivity index (χ0) is 13.4. The lowest BCUT2D eigenvalue weighted by molar-refractivity contribution is 0.946. The van der Waals surface area contributed by atoms with Gasteiger partial charge in [-0.1, -0.05) is 29.8 Å². The van der Waals surface area contributed by atoms with E-state index < -0.39 is 0 Å². The molecule has 0 aliphatic rings. The lowest BCUT2D eigenvalue weighted by Gasteiger charge is -2.05.